The Morgan fingerprint density at radius 2 is 2.00 bits per heavy atom. The second-order valence-corrected chi connectivity index (χ2v) is 3.08. The number of aliphatic hydroxyl groups is 1. The number of carboxylic acids is 1. The van der Waals surface area contributed by atoms with Crippen LogP contribution in [0.4, 0.5) is 0 Å². The third-order valence-electron chi connectivity index (χ3n) is 1.88. The minimum atomic E-state index is -1.27. The Morgan fingerprint density at radius 1 is 1.40 bits per heavy atom. The molecule has 6 nitrogen and oxygen atoms in total. The van der Waals surface area contributed by atoms with Gasteiger partial charge in [-0.25, -0.2) is 0 Å². The van der Waals surface area contributed by atoms with Crippen molar-refractivity contribution >= 4 is 17.5 Å². The van der Waals surface area contributed by atoms with Crippen molar-refractivity contribution in [1.82, 2.24) is 0 Å². The number of carbonyl (C=O) groups excluding carboxylic acids is 2. The zero-order valence-electron chi connectivity index (χ0n) is 7.64. The first-order valence-corrected chi connectivity index (χ1v) is 4.10. The number of hydrogen-bond acceptors (Lipinski definition) is 5. The van der Waals surface area contributed by atoms with Gasteiger partial charge < -0.3 is 15.9 Å². The Labute approximate surface area is 84.7 Å². The monoisotopic (exact) mass is 211 g/mol. The van der Waals surface area contributed by atoms with Crippen LogP contribution in [0.5, 0.6) is 0 Å². The average Bonchev–Trinajstić information content (AvgIpc) is 2.13. The largest absolute Gasteiger partial charge is 0.504 e. The van der Waals surface area contributed by atoms with E-state index in [4.69, 9.17) is 15.9 Å². The molecule has 80 valence electrons. The lowest BCUT2D eigenvalue weighted by atomic mass is 9.96. The molecule has 1 atom stereocenters. The molecule has 0 fully saturated rings. The number of ketones is 2. The van der Waals surface area contributed by atoms with Crippen LogP contribution >= 0.6 is 0 Å². The number of aliphatic hydroxyl groups excluding tert-OH is 1. The molecule has 4 N–H and O–H groups in total. The van der Waals surface area contributed by atoms with E-state index in [0.29, 0.717) is 0 Å². The molecular weight excluding hydrogens is 202 g/mol. The van der Waals surface area contributed by atoms with Gasteiger partial charge in [0.2, 0.25) is 5.78 Å². The van der Waals surface area contributed by atoms with Gasteiger partial charge in [-0.05, 0) is 6.08 Å². The molecule has 0 aromatic rings. The number of carbonyl (C=O) groups is 3. The normalized spacial score (nSPS) is 18.2. The summed E-state index contributed by atoms with van der Waals surface area (Å²) in [7, 11) is 0. The summed E-state index contributed by atoms with van der Waals surface area (Å²) in [6, 6.07) is -1.26. The number of rotatable bonds is 3. The number of aliphatic carboxylic acids is 1. The third kappa shape index (κ3) is 2.50. The van der Waals surface area contributed by atoms with Crippen molar-refractivity contribution in [1.29, 1.82) is 0 Å². The van der Waals surface area contributed by atoms with Gasteiger partial charge in [-0.15, -0.1) is 0 Å². The van der Waals surface area contributed by atoms with Crippen LogP contribution in [-0.4, -0.2) is 33.8 Å². The van der Waals surface area contributed by atoms with Crippen molar-refractivity contribution in [2.75, 3.05) is 0 Å². The standard InChI is InChI=1S/C9H9NO5/c10-6(9(14)15)2-4-1-5(11)3-7(12)8(4)13/h1,3,6,12H,2,10H2,(H,14,15)/t6-/m0/s1. The number of Topliss-reactive ketones (excluding diaryl/α,β-unsaturated/α-hetero) is 1. The molecule has 0 aromatic carbocycles. The van der Waals surface area contributed by atoms with Crippen LogP contribution in [0.25, 0.3) is 0 Å². The van der Waals surface area contributed by atoms with Crippen molar-refractivity contribution in [3.63, 3.8) is 0 Å². The minimum Gasteiger partial charge on any atom is -0.504 e. The topological polar surface area (TPSA) is 118 Å². The fourth-order valence-corrected chi connectivity index (χ4v) is 1.12. The van der Waals surface area contributed by atoms with Crippen molar-refractivity contribution in [3.8, 4) is 0 Å². The maximum atomic E-state index is 11.2. The zero-order chi connectivity index (χ0) is 11.6. The first kappa shape index (κ1) is 11.1. The van der Waals surface area contributed by atoms with Crippen LogP contribution in [0, 0.1) is 0 Å². The maximum Gasteiger partial charge on any atom is 0.320 e. The summed E-state index contributed by atoms with van der Waals surface area (Å²) in [5.74, 6) is -3.27. The molecule has 0 unspecified atom stereocenters. The summed E-state index contributed by atoms with van der Waals surface area (Å²) in [5, 5.41) is 17.5. The van der Waals surface area contributed by atoms with Gasteiger partial charge in [-0.2, -0.15) is 0 Å². The van der Waals surface area contributed by atoms with E-state index < -0.39 is 29.3 Å². The molecular formula is C9H9NO5. The van der Waals surface area contributed by atoms with Crippen molar-refractivity contribution in [2.45, 2.75) is 12.5 Å². The molecule has 0 bridgehead atoms. The van der Waals surface area contributed by atoms with E-state index in [9.17, 15) is 14.4 Å². The van der Waals surface area contributed by atoms with Gasteiger partial charge in [0.25, 0.3) is 0 Å². The second-order valence-electron chi connectivity index (χ2n) is 3.08. The highest BCUT2D eigenvalue weighted by Gasteiger charge is 2.24. The van der Waals surface area contributed by atoms with E-state index >= 15 is 0 Å². The molecule has 0 heterocycles. The van der Waals surface area contributed by atoms with Crippen LogP contribution in [0.3, 0.4) is 0 Å². The van der Waals surface area contributed by atoms with Gasteiger partial charge in [0.15, 0.2) is 11.5 Å². The van der Waals surface area contributed by atoms with Crippen LogP contribution < -0.4 is 5.73 Å². The highest BCUT2D eigenvalue weighted by molar-refractivity contribution is 6.19. The fourth-order valence-electron chi connectivity index (χ4n) is 1.12. The van der Waals surface area contributed by atoms with E-state index in [1.165, 1.54) is 0 Å². The molecule has 0 saturated carbocycles. The molecule has 0 amide bonds. The van der Waals surface area contributed by atoms with E-state index in [1.807, 2.05) is 0 Å². The molecule has 0 radical (unpaired) electrons. The minimum absolute atomic E-state index is 0.0881. The lowest BCUT2D eigenvalue weighted by Crippen LogP contribution is -2.32. The van der Waals surface area contributed by atoms with Gasteiger partial charge >= 0.3 is 5.97 Å². The van der Waals surface area contributed by atoms with Gasteiger partial charge in [-0.1, -0.05) is 0 Å². The highest BCUT2D eigenvalue weighted by Crippen LogP contribution is 2.15. The quantitative estimate of drug-likeness (QED) is 0.532. The van der Waals surface area contributed by atoms with Crippen LogP contribution in [0.2, 0.25) is 0 Å². The average molecular weight is 211 g/mol. The van der Waals surface area contributed by atoms with E-state index in [2.05, 4.69) is 0 Å². The molecule has 1 rings (SSSR count). The lowest BCUT2D eigenvalue weighted by molar-refractivity contribution is -0.138. The Bertz CT molecular complexity index is 393. The summed E-state index contributed by atoms with van der Waals surface area (Å²) in [6.45, 7) is 0. The fraction of sp³-hybridized carbons (Fsp3) is 0.222. The molecule has 0 aromatic heterocycles. The predicted molar refractivity (Wildman–Crippen MR) is 49.0 cm³/mol. The van der Waals surface area contributed by atoms with E-state index in [1.54, 1.807) is 0 Å². The van der Waals surface area contributed by atoms with Gasteiger partial charge in [-0.3, -0.25) is 14.4 Å². The van der Waals surface area contributed by atoms with Crippen LogP contribution in [0.15, 0.2) is 23.5 Å². The molecule has 6 heteroatoms. The van der Waals surface area contributed by atoms with E-state index in [0.717, 1.165) is 12.2 Å². The number of nitrogens with two attached hydrogens (primary N) is 1. The highest BCUT2D eigenvalue weighted by atomic mass is 16.4. The summed E-state index contributed by atoms with van der Waals surface area (Å²) in [5.41, 5.74) is 5.11. The van der Waals surface area contributed by atoms with Crippen LogP contribution in [0.1, 0.15) is 6.42 Å². The number of hydrogen-bond donors (Lipinski definition) is 3. The Hall–Kier alpha value is -1.95. The Morgan fingerprint density at radius 3 is 2.53 bits per heavy atom. The maximum absolute atomic E-state index is 11.2. The molecule has 0 spiro atoms. The summed E-state index contributed by atoms with van der Waals surface area (Å²) < 4.78 is 0. The Balaban J connectivity index is 2.83. The molecule has 15 heavy (non-hydrogen) atoms. The predicted octanol–water partition coefficient (Wildman–Crippen LogP) is -0.692. The van der Waals surface area contributed by atoms with Crippen LogP contribution in [-0.2, 0) is 14.4 Å². The summed E-state index contributed by atoms with van der Waals surface area (Å²) >= 11 is 0. The SMILES string of the molecule is N[C@@H](CC1=CC(=O)C=C(O)C1=O)C(=O)O. The second kappa shape index (κ2) is 4.05. The number of allylic oxidation sites excluding steroid dienone is 3. The first-order chi connectivity index (χ1) is 6.91. The summed E-state index contributed by atoms with van der Waals surface area (Å²) in [6.07, 6.45) is 1.47. The third-order valence-corrected chi connectivity index (χ3v) is 1.88. The van der Waals surface area contributed by atoms with Crippen molar-refractivity contribution in [3.05, 3.63) is 23.5 Å². The van der Waals surface area contributed by atoms with Crippen molar-refractivity contribution < 1.29 is 24.6 Å². The molecule has 0 aliphatic heterocycles. The van der Waals surface area contributed by atoms with Gasteiger partial charge in [0, 0.05) is 18.1 Å². The van der Waals surface area contributed by atoms with Gasteiger partial charge in [0.05, 0.1) is 0 Å². The Kier molecular flexibility index (Phi) is 3.01. The van der Waals surface area contributed by atoms with Gasteiger partial charge in [0.1, 0.15) is 6.04 Å². The first-order valence-electron chi connectivity index (χ1n) is 4.10. The molecule has 1 aliphatic rings. The van der Waals surface area contributed by atoms with E-state index in [-0.39, 0.29) is 12.0 Å². The zero-order valence-corrected chi connectivity index (χ0v) is 7.64. The summed E-state index contributed by atoms with van der Waals surface area (Å²) in [4.78, 5) is 32.6. The lowest BCUT2D eigenvalue weighted by Gasteiger charge is -2.11. The van der Waals surface area contributed by atoms with Crippen molar-refractivity contribution in [2.24, 2.45) is 5.73 Å². The molecule has 0 saturated heterocycles. The number of carboxylic acid groups (broad SMARTS) is 1. The smallest absolute Gasteiger partial charge is 0.320 e. The molecule has 1 aliphatic carbocycles.